The third-order valence-electron chi connectivity index (χ3n) is 4.91. The molecular weight excluding hydrogens is 483 g/mol. The molecule has 3 N–H and O–H groups in total. The Morgan fingerprint density at radius 2 is 2.07 bits per heavy atom. The van der Waals surface area contributed by atoms with E-state index >= 15 is 0 Å². The number of likely N-dealkylation sites (tertiary alicyclic amines) is 1. The SMILES string of the molecule is CCNC(=NCCc1nnc2ccccn12)NC1CCN(CC(=O)NC)CC1.I. The number of hydrogen-bond acceptors (Lipinski definition) is 5. The summed E-state index contributed by atoms with van der Waals surface area (Å²) in [5.41, 5.74) is 0.857. The molecule has 0 spiro atoms. The van der Waals surface area contributed by atoms with E-state index in [2.05, 4.69) is 38.0 Å². The van der Waals surface area contributed by atoms with Gasteiger partial charge in [0, 0.05) is 51.9 Å². The predicted octanol–water partition coefficient (Wildman–Crippen LogP) is 0.655. The van der Waals surface area contributed by atoms with Crippen molar-refractivity contribution in [1.82, 2.24) is 35.4 Å². The lowest BCUT2D eigenvalue weighted by Gasteiger charge is -2.32. The first-order valence-electron chi connectivity index (χ1n) is 9.96. The molecule has 9 nitrogen and oxygen atoms in total. The van der Waals surface area contributed by atoms with Gasteiger partial charge in [-0.1, -0.05) is 6.07 Å². The Kier molecular flexibility index (Phi) is 9.58. The van der Waals surface area contributed by atoms with E-state index in [1.54, 1.807) is 7.05 Å². The number of nitrogens with one attached hydrogen (secondary N) is 3. The van der Waals surface area contributed by atoms with Crippen molar-refractivity contribution in [2.45, 2.75) is 32.2 Å². The van der Waals surface area contributed by atoms with Crippen LogP contribution in [0.2, 0.25) is 0 Å². The molecule has 0 bridgehead atoms. The van der Waals surface area contributed by atoms with Gasteiger partial charge in [-0.2, -0.15) is 0 Å². The van der Waals surface area contributed by atoms with Crippen LogP contribution in [0.5, 0.6) is 0 Å². The molecule has 1 saturated heterocycles. The molecule has 3 rings (SSSR count). The quantitative estimate of drug-likeness (QED) is 0.285. The molecule has 2 aromatic rings. The Morgan fingerprint density at radius 1 is 1.28 bits per heavy atom. The number of hydrogen-bond donors (Lipinski definition) is 3. The number of nitrogens with zero attached hydrogens (tertiary/aromatic N) is 5. The number of halogens is 1. The van der Waals surface area contributed by atoms with Gasteiger partial charge in [-0.15, -0.1) is 34.2 Å². The van der Waals surface area contributed by atoms with Crippen LogP contribution in [0.1, 0.15) is 25.6 Å². The third-order valence-corrected chi connectivity index (χ3v) is 4.91. The number of amides is 1. The topological polar surface area (TPSA) is 98.9 Å². The summed E-state index contributed by atoms with van der Waals surface area (Å²) in [5.74, 6) is 1.82. The number of fused-ring (bicyclic) bond motifs is 1. The standard InChI is InChI=1S/C19H30N8O.HI/c1-3-21-19(23-15-8-12-26(13-9-15)14-18(28)20-2)22-10-7-17-25-24-16-6-4-5-11-27(16)17;/h4-6,11,15H,3,7-10,12-14H2,1-2H3,(H,20,28)(H2,21,22,23);1H. The Bertz CT molecular complexity index is 800. The molecule has 0 aliphatic carbocycles. The van der Waals surface area contributed by atoms with Crippen LogP contribution in [-0.4, -0.2) is 77.2 Å². The number of pyridine rings is 1. The zero-order valence-corrected chi connectivity index (χ0v) is 19.4. The maximum absolute atomic E-state index is 11.5. The number of rotatable bonds is 7. The van der Waals surface area contributed by atoms with Gasteiger partial charge in [-0.05, 0) is 31.9 Å². The lowest BCUT2D eigenvalue weighted by molar-refractivity contribution is -0.122. The second-order valence-electron chi connectivity index (χ2n) is 6.92. The van der Waals surface area contributed by atoms with Gasteiger partial charge in [0.1, 0.15) is 5.82 Å². The maximum Gasteiger partial charge on any atom is 0.233 e. The minimum atomic E-state index is 0. The molecule has 0 atom stereocenters. The van der Waals surface area contributed by atoms with Crippen LogP contribution in [0.3, 0.4) is 0 Å². The zero-order valence-electron chi connectivity index (χ0n) is 17.1. The Morgan fingerprint density at radius 3 is 2.79 bits per heavy atom. The van der Waals surface area contributed by atoms with Crippen LogP contribution in [0.4, 0.5) is 0 Å². The lowest BCUT2D eigenvalue weighted by Crippen LogP contribution is -2.50. The van der Waals surface area contributed by atoms with E-state index < -0.39 is 0 Å². The van der Waals surface area contributed by atoms with E-state index in [-0.39, 0.29) is 29.9 Å². The molecule has 1 aliphatic rings. The molecule has 0 saturated carbocycles. The molecule has 0 radical (unpaired) electrons. The van der Waals surface area contributed by atoms with E-state index in [0.29, 0.717) is 19.1 Å². The van der Waals surface area contributed by atoms with Gasteiger partial charge >= 0.3 is 0 Å². The highest BCUT2D eigenvalue weighted by Gasteiger charge is 2.21. The normalized spacial score (nSPS) is 15.7. The number of likely N-dealkylation sites (N-methyl/N-ethyl adjacent to an activating group) is 1. The predicted molar refractivity (Wildman–Crippen MR) is 125 cm³/mol. The molecule has 1 aliphatic heterocycles. The zero-order chi connectivity index (χ0) is 19.8. The van der Waals surface area contributed by atoms with Gasteiger partial charge in [-0.25, -0.2) is 0 Å². The number of guanidine groups is 1. The molecule has 2 aromatic heterocycles. The van der Waals surface area contributed by atoms with E-state index in [1.807, 2.05) is 28.8 Å². The first kappa shape index (κ1) is 23.3. The van der Waals surface area contributed by atoms with Crippen molar-refractivity contribution in [3.8, 4) is 0 Å². The second-order valence-corrected chi connectivity index (χ2v) is 6.92. The van der Waals surface area contributed by atoms with Crippen LogP contribution < -0.4 is 16.0 Å². The summed E-state index contributed by atoms with van der Waals surface area (Å²) in [7, 11) is 1.68. The van der Waals surface area contributed by atoms with Crippen molar-refractivity contribution in [2.75, 3.05) is 39.8 Å². The smallest absolute Gasteiger partial charge is 0.233 e. The highest BCUT2D eigenvalue weighted by atomic mass is 127. The first-order chi connectivity index (χ1) is 13.7. The van der Waals surface area contributed by atoms with Gasteiger partial charge in [0.25, 0.3) is 0 Å². The summed E-state index contributed by atoms with van der Waals surface area (Å²) >= 11 is 0. The number of carbonyl (C=O) groups is 1. The molecule has 3 heterocycles. The summed E-state index contributed by atoms with van der Waals surface area (Å²) in [5, 5.41) is 18.0. The summed E-state index contributed by atoms with van der Waals surface area (Å²) in [6, 6.07) is 6.25. The van der Waals surface area contributed by atoms with Gasteiger partial charge in [-0.3, -0.25) is 19.1 Å². The van der Waals surface area contributed by atoms with Crippen molar-refractivity contribution in [2.24, 2.45) is 4.99 Å². The Hall–Kier alpha value is -1.95. The number of aromatic nitrogens is 3. The first-order valence-corrected chi connectivity index (χ1v) is 9.96. The van der Waals surface area contributed by atoms with Crippen molar-refractivity contribution in [1.29, 1.82) is 0 Å². The summed E-state index contributed by atoms with van der Waals surface area (Å²) in [4.78, 5) is 18.4. The molecule has 1 amide bonds. The largest absolute Gasteiger partial charge is 0.358 e. The molecule has 0 unspecified atom stereocenters. The average Bonchev–Trinajstić information content (AvgIpc) is 3.13. The highest BCUT2D eigenvalue weighted by Crippen LogP contribution is 2.10. The Balaban J connectivity index is 0.00000300. The van der Waals surface area contributed by atoms with Gasteiger partial charge in [0.2, 0.25) is 5.91 Å². The number of carbonyl (C=O) groups excluding carboxylic acids is 1. The summed E-state index contributed by atoms with van der Waals surface area (Å²) in [6.45, 7) is 5.82. The van der Waals surface area contributed by atoms with E-state index in [4.69, 9.17) is 4.99 Å². The van der Waals surface area contributed by atoms with Crippen LogP contribution >= 0.6 is 24.0 Å². The van der Waals surface area contributed by atoms with Gasteiger partial charge < -0.3 is 16.0 Å². The van der Waals surface area contributed by atoms with Crippen molar-refractivity contribution in [3.63, 3.8) is 0 Å². The van der Waals surface area contributed by atoms with E-state index in [9.17, 15) is 4.79 Å². The highest BCUT2D eigenvalue weighted by molar-refractivity contribution is 14.0. The minimum absolute atomic E-state index is 0. The molecule has 1 fully saturated rings. The van der Waals surface area contributed by atoms with Crippen molar-refractivity contribution >= 4 is 41.5 Å². The molecular formula is C19H31IN8O. The van der Waals surface area contributed by atoms with Gasteiger partial charge in [0.15, 0.2) is 11.6 Å². The Labute approximate surface area is 188 Å². The fourth-order valence-electron chi connectivity index (χ4n) is 3.36. The van der Waals surface area contributed by atoms with Crippen LogP contribution in [0.25, 0.3) is 5.65 Å². The monoisotopic (exact) mass is 514 g/mol. The molecule has 10 heteroatoms. The lowest BCUT2D eigenvalue weighted by atomic mass is 10.1. The van der Waals surface area contributed by atoms with Crippen LogP contribution in [0.15, 0.2) is 29.4 Å². The molecule has 0 aromatic carbocycles. The molecule has 29 heavy (non-hydrogen) atoms. The summed E-state index contributed by atoms with van der Waals surface area (Å²) < 4.78 is 2.00. The minimum Gasteiger partial charge on any atom is -0.358 e. The van der Waals surface area contributed by atoms with Crippen LogP contribution in [0, 0.1) is 0 Å². The van der Waals surface area contributed by atoms with Gasteiger partial charge in [0.05, 0.1) is 6.54 Å². The van der Waals surface area contributed by atoms with Crippen molar-refractivity contribution < 1.29 is 4.79 Å². The van der Waals surface area contributed by atoms with E-state index in [0.717, 1.165) is 56.3 Å². The maximum atomic E-state index is 11.5. The van der Waals surface area contributed by atoms with Crippen molar-refractivity contribution in [3.05, 3.63) is 30.2 Å². The van der Waals surface area contributed by atoms with E-state index in [1.165, 1.54) is 0 Å². The third kappa shape index (κ3) is 6.81. The summed E-state index contributed by atoms with van der Waals surface area (Å²) in [6.07, 6.45) is 4.70. The number of piperidine rings is 1. The molecule has 160 valence electrons. The number of aliphatic imine (C=N–C) groups is 1. The fraction of sp³-hybridized carbons (Fsp3) is 0.579. The average molecular weight is 514 g/mol. The second kappa shape index (κ2) is 11.9. The van der Waals surface area contributed by atoms with Crippen LogP contribution in [-0.2, 0) is 11.2 Å². The fourth-order valence-corrected chi connectivity index (χ4v) is 3.36.